The minimum Gasteiger partial charge on any atom is -0.468 e. The van der Waals surface area contributed by atoms with E-state index in [1.54, 1.807) is 35.7 Å². The summed E-state index contributed by atoms with van der Waals surface area (Å²) in [6.07, 6.45) is 1.78. The van der Waals surface area contributed by atoms with Crippen molar-refractivity contribution in [2.45, 2.75) is 6.04 Å². The van der Waals surface area contributed by atoms with Gasteiger partial charge in [0.2, 0.25) is 0 Å². The van der Waals surface area contributed by atoms with Gasteiger partial charge in [-0.05, 0) is 6.07 Å². The summed E-state index contributed by atoms with van der Waals surface area (Å²) < 4.78 is 19.0. The van der Waals surface area contributed by atoms with E-state index in [0.717, 1.165) is 18.2 Å². The zero-order valence-corrected chi connectivity index (χ0v) is 13.6. The third kappa shape index (κ3) is 3.35. The number of methoxy groups -OCH3 is 1. The van der Waals surface area contributed by atoms with E-state index in [-0.39, 0.29) is 5.82 Å². The van der Waals surface area contributed by atoms with E-state index in [4.69, 9.17) is 4.74 Å². The quantitative estimate of drug-likeness (QED) is 0.803. The Morgan fingerprint density at radius 2 is 2.04 bits per heavy atom. The maximum Gasteiger partial charge on any atom is 0.327 e. The number of benzene rings is 1. The number of rotatable bonds is 4. The zero-order chi connectivity index (χ0) is 16.2. The average molecular weight is 335 g/mol. The van der Waals surface area contributed by atoms with Crippen LogP contribution in [-0.2, 0) is 9.53 Å². The van der Waals surface area contributed by atoms with Crippen LogP contribution in [0.1, 0.15) is 11.6 Å². The van der Waals surface area contributed by atoms with Gasteiger partial charge in [-0.3, -0.25) is 4.90 Å². The Hall–Kier alpha value is -1.99. The molecule has 7 heteroatoms. The van der Waals surface area contributed by atoms with Crippen LogP contribution in [0.25, 0.3) is 0 Å². The fourth-order valence-electron chi connectivity index (χ4n) is 2.82. The number of piperazine rings is 1. The van der Waals surface area contributed by atoms with Gasteiger partial charge in [0, 0.05) is 43.3 Å². The van der Waals surface area contributed by atoms with Gasteiger partial charge in [0.1, 0.15) is 11.9 Å². The molecule has 0 radical (unpaired) electrons. The monoisotopic (exact) mass is 335 g/mol. The zero-order valence-electron chi connectivity index (χ0n) is 12.8. The molecule has 0 saturated carbocycles. The van der Waals surface area contributed by atoms with Gasteiger partial charge in [-0.1, -0.05) is 18.2 Å². The van der Waals surface area contributed by atoms with Gasteiger partial charge >= 0.3 is 5.97 Å². The van der Waals surface area contributed by atoms with Crippen LogP contribution in [0.5, 0.6) is 0 Å². The number of hydrogen-bond donors (Lipinski definition) is 0. The topological polar surface area (TPSA) is 45.7 Å². The van der Waals surface area contributed by atoms with Crippen LogP contribution in [0.2, 0.25) is 0 Å². The molecule has 1 saturated heterocycles. The van der Waals surface area contributed by atoms with Crippen LogP contribution in [-0.4, -0.2) is 49.1 Å². The van der Waals surface area contributed by atoms with Crippen molar-refractivity contribution in [2.75, 3.05) is 38.2 Å². The summed E-state index contributed by atoms with van der Waals surface area (Å²) in [4.78, 5) is 20.7. The molecule has 0 bridgehead atoms. The van der Waals surface area contributed by atoms with Crippen molar-refractivity contribution < 1.29 is 13.9 Å². The van der Waals surface area contributed by atoms with Crippen LogP contribution in [0.4, 0.5) is 9.52 Å². The molecule has 0 aliphatic carbocycles. The van der Waals surface area contributed by atoms with E-state index in [1.165, 1.54) is 13.2 Å². The minimum atomic E-state index is -0.709. The predicted molar refractivity (Wildman–Crippen MR) is 87.1 cm³/mol. The fraction of sp³-hybridized carbons (Fsp3) is 0.375. The molecule has 1 aromatic carbocycles. The Bertz CT molecular complexity index is 657. The molecule has 1 aliphatic heterocycles. The first-order chi connectivity index (χ1) is 11.2. The third-order valence-corrected chi connectivity index (χ3v) is 4.83. The van der Waals surface area contributed by atoms with Crippen LogP contribution in [0, 0.1) is 5.82 Å². The highest BCUT2D eigenvalue weighted by molar-refractivity contribution is 7.13. The number of aromatic nitrogens is 1. The first-order valence-corrected chi connectivity index (χ1v) is 8.29. The third-order valence-electron chi connectivity index (χ3n) is 3.99. The number of thiazole rings is 1. The lowest BCUT2D eigenvalue weighted by molar-refractivity contribution is -0.147. The molecule has 122 valence electrons. The minimum absolute atomic E-state index is 0.363. The highest BCUT2D eigenvalue weighted by atomic mass is 32.1. The molecule has 2 aromatic rings. The van der Waals surface area contributed by atoms with E-state index < -0.39 is 12.0 Å². The number of anilines is 1. The van der Waals surface area contributed by atoms with E-state index in [1.807, 2.05) is 10.3 Å². The maximum atomic E-state index is 14.1. The summed E-state index contributed by atoms with van der Waals surface area (Å²) in [6.45, 7) is 2.78. The van der Waals surface area contributed by atoms with Crippen LogP contribution in [0.3, 0.4) is 0 Å². The van der Waals surface area contributed by atoms with Crippen molar-refractivity contribution in [1.82, 2.24) is 9.88 Å². The summed E-state index contributed by atoms with van der Waals surface area (Å²) >= 11 is 1.59. The second-order valence-electron chi connectivity index (χ2n) is 5.28. The van der Waals surface area contributed by atoms with Crippen molar-refractivity contribution in [2.24, 2.45) is 0 Å². The first kappa shape index (κ1) is 15.9. The maximum absolute atomic E-state index is 14.1. The molecule has 1 aliphatic rings. The molecular formula is C16H18FN3O2S. The molecule has 0 spiro atoms. The average Bonchev–Trinajstić information content (AvgIpc) is 3.12. The highest BCUT2D eigenvalue weighted by Gasteiger charge is 2.33. The summed E-state index contributed by atoms with van der Waals surface area (Å²) in [5.41, 5.74) is 0.363. The van der Waals surface area contributed by atoms with Gasteiger partial charge in [0.15, 0.2) is 5.13 Å². The Morgan fingerprint density at radius 3 is 2.65 bits per heavy atom. The Labute approximate surface area is 138 Å². The summed E-state index contributed by atoms with van der Waals surface area (Å²) in [5.74, 6) is -0.817. The van der Waals surface area contributed by atoms with Crippen molar-refractivity contribution in [3.8, 4) is 0 Å². The lowest BCUT2D eigenvalue weighted by atomic mass is 10.0. The number of halogens is 1. The summed E-state index contributed by atoms with van der Waals surface area (Å²) in [5, 5.41) is 2.92. The van der Waals surface area contributed by atoms with E-state index in [2.05, 4.69) is 9.88 Å². The molecule has 3 rings (SSSR count). The first-order valence-electron chi connectivity index (χ1n) is 7.41. The number of nitrogens with zero attached hydrogens (tertiary/aromatic N) is 3. The van der Waals surface area contributed by atoms with Gasteiger partial charge < -0.3 is 9.64 Å². The Kier molecular flexibility index (Phi) is 4.88. The van der Waals surface area contributed by atoms with Gasteiger partial charge in [0.25, 0.3) is 0 Å². The lowest BCUT2D eigenvalue weighted by Gasteiger charge is -2.38. The van der Waals surface area contributed by atoms with Gasteiger partial charge in [-0.15, -0.1) is 11.3 Å². The van der Waals surface area contributed by atoms with E-state index in [9.17, 15) is 9.18 Å². The second kappa shape index (κ2) is 7.06. The summed E-state index contributed by atoms with van der Waals surface area (Å²) in [7, 11) is 1.34. The Morgan fingerprint density at radius 1 is 1.30 bits per heavy atom. The largest absolute Gasteiger partial charge is 0.468 e. The number of carbonyl (C=O) groups is 1. The van der Waals surface area contributed by atoms with Crippen molar-refractivity contribution in [1.29, 1.82) is 0 Å². The van der Waals surface area contributed by atoms with Crippen molar-refractivity contribution >= 4 is 22.4 Å². The number of hydrogen-bond acceptors (Lipinski definition) is 6. The van der Waals surface area contributed by atoms with Gasteiger partial charge in [0.05, 0.1) is 7.11 Å². The molecule has 2 heterocycles. The van der Waals surface area contributed by atoms with E-state index >= 15 is 0 Å². The molecule has 5 nitrogen and oxygen atoms in total. The van der Waals surface area contributed by atoms with Crippen molar-refractivity contribution in [3.05, 3.63) is 47.2 Å². The van der Waals surface area contributed by atoms with E-state index in [0.29, 0.717) is 18.7 Å². The lowest BCUT2D eigenvalue weighted by Crippen LogP contribution is -2.49. The number of esters is 1. The molecular weight excluding hydrogens is 317 g/mol. The van der Waals surface area contributed by atoms with Gasteiger partial charge in [-0.25, -0.2) is 14.2 Å². The Balaban J connectivity index is 1.77. The van der Waals surface area contributed by atoms with Crippen molar-refractivity contribution in [3.63, 3.8) is 0 Å². The molecule has 0 N–H and O–H groups in total. The van der Waals surface area contributed by atoms with Crippen LogP contribution in [0.15, 0.2) is 35.8 Å². The predicted octanol–water partition coefficient (Wildman–Crippen LogP) is 2.32. The molecule has 1 aromatic heterocycles. The molecule has 23 heavy (non-hydrogen) atoms. The van der Waals surface area contributed by atoms with Crippen LogP contribution >= 0.6 is 11.3 Å². The highest BCUT2D eigenvalue weighted by Crippen LogP contribution is 2.27. The normalized spacial score (nSPS) is 17.0. The van der Waals surface area contributed by atoms with Crippen LogP contribution < -0.4 is 4.90 Å². The second-order valence-corrected chi connectivity index (χ2v) is 6.16. The SMILES string of the molecule is COC(=O)C(c1ccccc1F)N1CCN(c2nccs2)CC1. The molecule has 1 fully saturated rings. The molecule has 1 atom stereocenters. The molecule has 0 amide bonds. The molecule has 1 unspecified atom stereocenters. The fourth-order valence-corrected chi connectivity index (χ4v) is 3.52. The van der Waals surface area contributed by atoms with Gasteiger partial charge in [-0.2, -0.15) is 0 Å². The number of ether oxygens (including phenoxy) is 1. The summed E-state index contributed by atoms with van der Waals surface area (Å²) in [6, 6.07) is 5.66. The standard InChI is InChI=1S/C16H18FN3O2S/c1-22-15(21)14(12-4-2-3-5-13(12)17)19-7-9-20(10-8-19)16-18-6-11-23-16/h2-6,11,14H,7-10H2,1H3. The number of carbonyl (C=O) groups excluding carboxylic acids is 1. The smallest absolute Gasteiger partial charge is 0.327 e.